The van der Waals surface area contributed by atoms with Crippen molar-refractivity contribution in [3.8, 4) is 11.1 Å². The van der Waals surface area contributed by atoms with Crippen molar-refractivity contribution in [1.29, 1.82) is 0 Å². The highest BCUT2D eigenvalue weighted by Crippen LogP contribution is 2.24. The molecule has 1 N–H and O–H groups in total. The highest BCUT2D eigenvalue weighted by molar-refractivity contribution is 6.30. The van der Waals surface area contributed by atoms with Crippen molar-refractivity contribution in [2.24, 2.45) is 0 Å². The lowest BCUT2D eigenvalue weighted by molar-refractivity contribution is 0.277. The monoisotopic (exact) mass is 219 g/mol. The third kappa shape index (κ3) is 2.17. The Balaban J connectivity index is 2.56. The number of rotatable bonds is 2. The molecule has 0 radical (unpaired) electrons. The molecule has 15 heavy (non-hydrogen) atoms. The van der Waals surface area contributed by atoms with Gasteiger partial charge in [-0.15, -0.1) is 0 Å². The van der Waals surface area contributed by atoms with Crippen LogP contribution >= 0.6 is 11.6 Å². The molecule has 0 spiro atoms. The number of nitrogens with zero attached hydrogens (tertiary/aromatic N) is 1. The Labute approximate surface area is 93.2 Å². The van der Waals surface area contributed by atoms with Gasteiger partial charge < -0.3 is 5.11 Å². The second-order valence-electron chi connectivity index (χ2n) is 3.17. The largest absolute Gasteiger partial charge is 0.390 e. The smallest absolute Gasteiger partial charge is 0.0859 e. The molecule has 3 heteroatoms. The number of aliphatic hydroxyl groups is 1. The summed E-state index contributed by atoms with van der Waals surface area (Å²) in [6.45, 7) is -0.0819. The topological polar surface area (TPSA) is 33.1 Å². The first-order valence-electron chi connectivity index (χ1n) is 4.62. The molecule has 76 valence electrons. The highest BCUT2D eigenvalue weighted by atomic mass is 35.5. The Hall–Kier alpha value is -1.38. The predicted octanol–water partition coefficient (Wildman–Crippen LogP) is 2.89. The Morgan fingerprint density at radius 1 is 1.20 bits per heavy atom. The highest BCUT2D eigenvalue weighted by Gasteiger charge is 2.05. The molecule has 1 aromatic heterocycles. The molecule has 2 aromatic rings. The molecule has 0 aliphatic heterocycles. The Morgan fingerprint density at radius 3 is 2.60 bits per heavy atom. The van der Waals surface area contributed by atoms with Gasteiger partial charge in [-0.3, -0.25) is 4.98 Å². The standard InChI is InChI=1S/C12H10ClNO/c13-10-6-11(12(8-15)14-7-10)9-4-2-1-3-5-9/h1-7,15H,8H2. The number of hydrogen-bond acceptors (Lipinski definition) is 2. The Kier molecular flexibility index (Phi) is 2.99. The van der Waals surface area contributed by atoms with Gasteiger partial charge in [0, 0.05) is 11.8 Å². The van der Waals surface area contributed by atoms with Crippen molar-refractivity contribution in [3.05, 3.63) is 53.3 Å². The first-order chi connectivity index (χ1) is 7.31. The van der Waals surface area contributed by atoms with E-state index in [0.717, 1.165) is 11.1 Å². The van der Waals surface area contributed by atoms with Crippen LogP contribution in [0.3, 0.4) is 0 Å². The lowest BCUT2D eigenvalue weighted by atomic mass is 10.0. The van der Waals surface area contributed by atoms with Crippen LogP contribution in [0.25, 0.3) is 11.1 Å². The zero-order valence-corrected chi connectivity index (χ0v) is 8.78. The maximum atomic E-state index is 9.17. The number of aromatic nitrogens is 1. The summed E-state index contributed by atoms with van der Waals surface area (Å²) in [6.07, 6.45) is 1.54. The molecule has 2 rings (SSSR count). The van der Waals surface area contributed by atoms with E-state index in [-0.39, 0.29) is 6.61 Å². The first kappa shape index (κ1) is 10.1. The second kappa shape index (κ2) is 4.43. The summed E-state index contributed by atoms with van der Waals surface area (Å²) in [6, 6.07) is 11.6. The van der Waals surface area contributed by atoms with Gasteiger partial charge in [0.05, 0.1) is 17.3 Å². The van der Waals surface area contributed by atoms with Crippen LogP contribution < -0.4 is 0 Å². The van der Waals surface area contributed by atoms with E-state index in [4.69, 9.17) is 16.7 Å². The van der Waals surface area contributed by atoms with Gasteiger partial charge in [-0.1, -0.05) is 41.9 Å². The first-order valence-corrected chi connectivity index (χ1v) is 5.00. The van der Waals surface area contributed by atoms with Gasteiger partial charge in [0.15, 0.2) is 0 Å². The Bertz CT molecular complexity index is 456. The summed E-state index contributed by atoms with van der Waals surface area (Å²) in [5.74, 6) is 0. The zero-order chi connectivity index (χ0) is 10.7. The lowest BCUT2D eigenvalue weighted by Crippen LogP contribution is -1.93. The number of pyridine rings is 1. The molecule has 0 saturated carbocycles. The van der Waals surface area contributed by atoms with Crippen molar-refractivity contribution in [1.82, 2.24) is 4.98 Å². The number of hydrogen-bond donors (Lipinski definition) is 1. The summed E-state index contributed by atoms with van der Waals surface area (Å²) in [5, 5.41) is 9.74. The van der Waals surface area contributed by atoms with Crippen LogP contribution in [0.1, 0.15) is 5.69 Å². The van der Waals surface area contributed by atoms with E-state index in [9.17, 15) is 0 Å². The quantitative estimate of drug-likeness (QED) is 0.843. The molecule has 0 amide bonds. The van der Waals surface area contributed by atoms with Crippen molar-refractivity contribution < 1.29 is 5.11 Å². The minimum Gasteiger partial charge on any atom is -0.390 e. The van der Waals surface area contributed by atoms with Crippen LogP contribution in [-0.2, 0) is 6.61 Å². The normalized spacial score (nSPS) is 10.3. The molecule has 0 unspecified atom stereocenters. The number of aliphatic hydroxyl groups excluding tert-OH is 1. The fourth-order valence-electron chi connectivity index (χ4n) is 1.46. The molecule has 1 heterocycles. The van der Waals surface area contributed by atoms with E-state index >= 15 is 0 Å². The lowest BCUT2D eigenvalue weighted by Gasteiger charge is -2.06. The van der Waals surface area contributed by atoms with E-state index in [1.807, 2.05) is 36.4 Å². The molecular formula is C12H10ClNO. The summed E-state index contributed by atoms with van der Waals surface area (Å²) >= 11 is 5.88. The molecule has 2 nitrogen and oxygen atoms in total. The van der Waals surface area contributed by atoms with E-state index in [1.54, 1.807) is 6.20 Å². The third-order valence-corrected chi connectivity index (χ3v) is 2.38. The van der Waals surface area contributed by atoms with E-state index in [2.05, 4.69) is 4.98 Å². The summed E-state index contributed by atoms with van der Waals surface area (Å²) in [4.78, 5) is 4.09. The summed E-state index contributed by atoms with van der Waals surface area (Å²) in [7, 11) is 0. The predicted molar refractivity (Wildman–Crippen MR) is 60.6 cm³/mol. The fraction of sp³-hybridized carbons (Fsp3) is 0.0833. The van der Waals surface area contributed by atoms with Crippen molar-refractivity contribution in [2.45, 2.75) is 6.61 Å². The molecule has 0 aliphatic rings. The van der Waals surface area contributed by atoms with Crippen LogP contribution in [0.5, 0.6) is 0 Å². The minimum atomic E-state index is -0.0819. The maximum Gasteiger partial charge on any atom is 0.0859 e. The molecule has 1 aromatic carbocycles. The van der Waals surface area contributed by atoms with E-state index < -0.39 is 0 Å². The molecule has 0 aliphatic carbocycles. The van der Waals surface area contributed by atoms with Gasteiger partial charge in [0.1, 0.15) is 0 Å². The number of benzene rings is 1. The minimum absolute atomic E-state index is 0.0819. The Morgan fingerprint density at radius 2 is 1.93 bits per heavy atom. The molecular weight excluding hydrogens is 210 g/mol. The molecule has 0 atom stereocenters. The van der Waals surface area contributed by atoms with Gasteiger partial charge in [-0.2, -0.15) is 0 Å². The van der Waals surface area contributed by atoms with Crippen LogP contribution in [0.2, 0.25) is 5.02 Å². The van der Waals surface area contributed by atoms with Gasteiger partial charge in [-0.05, 0) is 11.6 Å². The van der Waals surface area contributed by atoms with E-state index in [1.165, 1.54) is 0 Å². The number of halogens is 1. The average Bonchev–Trinajstić information content (AvgIpc) is 2.30. The van der Waals surface area contributed by atoms with Gasteiger partial charge in [-0.25, -0.2) is 0 Å². The van der Waals surface area contributed by atoms with Gasteiger partial charge in [0.2, 0.25) is 0 Å². The van der Waals surface area contributed by atoms with Crippen LogP contribution in [0.4, 0.5) is 0 Å². The van der Waals surface area contributed by atoms with Crippen molar-refractivity contribution in [2.75, 3.05) is 0 Å². The molecule has 0 saturated heterocycles. The van der Waals surface area contributed by atoms with Crippen LogP contribution in [-0.4, -0.2) is 10.1 Å². The van der Waals surface area contributed by atoms with Crippen molar-refractivity contribution in [3.63, 3.8) is 0 Å². The molecule has 0 bridgehead atoms. The second-order valence-corrected chi connectivity index (χ2v) is 3.61. The van der Waals surface area contributed by atoms with Gasteiger partial charge in [0.25, 0.3) is 0 Å². The average molecular weight is 220 g/mol. The molecule has 0 fully saturated rings. The maximum absolute atomic E-state index is 9.17. The third-order valence-electron chi connectivity index (χ3n) is 2.17. The fourth-order valence-corrected chi connectivity index (χ4v) is 1.62. The van der Waals surface area contributed by atoms with Crippen LogP contribution in [0.15, 0.2) is 42.6 Å². The summed E-state index contributed by atoms with van der Waals surface area (Å²) < 4.78 is 0. The van der Waals surface area contributed by atoms with Crippen LogP contribution in [0, 0.1) is 0 Å². The van der Waals surface area contributed by atoms with Crippen molar-refractivity contribution >= 4 is 11.6 Å². The summed E-state index contributed by atoms with van der Waals surface area (Å²) in [5.41, 5.74) is 2.53. The van der Waals surface area contributed by atoms with E-state index in [0.29, 0.717) is 10.7 Å². The van der Waals surface area contributed by atoms with Gasteiger partial charge >= 0.3 is 0 Å². The SMILES string of the molecule is OCc1ncc(Cl)cc1-c1ccccc1. The zero-order valence-electron chi connectivity index (χ0n) is 8.02.